The number of fused-ring (bicyclic) bond motifs is 1. The van der Waals surface area contributed by atoms with Gasteiger partial charge in [-0.25, -0.2) is 4.79 Å². The molecule has 6 N–H and O–H groups in total. The number of carbonyl (C=O) groups is 8. The second-order valence-electron chi connectivity index (χ2n) is 16.0. The zero-order valence-corrected chi connectivity index (χ0v) is 39.1. The van der Waals surface area contributed by atoms with Gasteiger partial charge in [0.2, 0.25) is 29.5 Å². The third kappa shape index (κ3) is 26.0. The lowest BCUT2D eigenvalue weighted by Gasteiger charge is -2.23. The van der Waals surface area contributed by atoms with Crippen LogP contribution in [0.3, 0.4) is 0 Å². The fourth-order valence-electron chi connectivity index (χ4n) is 6.10. The van der Waals surface area contributed by atoms with Crippen LogP contribution in [0.15, 0.2) is 12.2 Å². The van der Waals surface area contributed by atoms with Crippen LogP contribution in [0.4, 0.5) is 4.79 Å². The van der Waals surface area contributed by atoms with Gasteiger partial charge in [-0.1, -0.05) is 0 Å². The highest BCUT2D eigenvalue weighted by Gasteiger charge is 2.49. The van der Waals surface area contributed by atoms with Gasteiger partial charge < -0.3 is 84.0 Å². The molecule has 2 fully saturated rings. The van der Waals surface area contributed by atoms with Gasteiger partial charge in [0, 0.05) is 31.7 Å². The SMILES string of the molecule is CC(C)(C)OC(=O)N[C@H]1CO[C@H]2[C@@H]1OC[C@@H]2NC(=O)CNC(=O)CNC(=O)CNC(=O)COCCOCCOCCOCCOCCOCCOCCOCCNC(=O)CCN1C(=O)C=CC1=O. The highest BCUT2D eigenvalue weighted by Crippen LogP contribution is 2.27. The molecule has 26 nitrogen and oxygen atoms in total. The van der Waals surface area contributed by atoms with Crippen molar-refractivity contribution in [3.05, 3.63) is 12.2 Å². The predicted molar refractivity (Wildman–Crippen MR) is 234 cm³/mol. The van der Waals surface area contributed by atoms with Gasteiger partial charge in [-0.05, 0) is 20.8 Å². The number of rotatable bonds is 37. The van der Waals surface area contributed by atoms with Crippen LogP contribution in [0.1, 0.15) is 27.2 Å². The first kappa shape index (κ1) is 57.4. The number of hydrogen-bond acceptors (Lipinski definition) is 19. The van der Waals surface area contributed by atoms with E-state index in [0.29, 0.717) is 92.4 Å². The predicted octanol–water partition coefficient (Wildman–Crippen LogP) is -3.93. The second-order valence-corrected chi connectivity index (χ2v) is 16.0. The molecule has 8 amide bonds. The molecule has 0 aliphatic carbocycles. The van der Waals surface area contributed by atoms with Crippen LogP contribution in [0.25, 0.3) is 0 Å². The van der Waals surface area contributed by atoms with E-state index in [1.165, 1.54) is 12.2 Å². The zero-order chi connectivity index (χ0) is 49.4. The first-order valence-electron chi connectivity index (χ1n) is 22.5. The van der Waals surface area contributed by atoms with Crippen molar-refractivity contribution in [1.29, 1.82) is 0 Å². The lowest BCUT2D eigenvalue weighted by Crippen LogP contribution is -2.50. The summed E-state index contributed by atoms with van der Waals surface area (Å²) in [5, 5.41) is 15.3. The maximum Gasteiger partial charge on any atom is 0.408 e. The molecule has 0 aromatic rings. The molecular formula is C42H69N7O19. The van der Waals surface area contributed by atoms with E-state index in [2.05, 4.69) is 31.9 Å². The molecule has 0 aromatic heterocycles. The fraction of sp³-hybridized carbons (Fsp3) is 0.762. The van der Waals surface area contributed by atoms with Crippen molar-refractivity contribution < 1.29 is 90.5 Å². The summed E-state index contributed by atoms with van der Waals surface area (Å²) in [7, 11) is 0. The Labute approximate surface area is 395 Å². The Morgan fingerprint density at radius 3 is 1.38 bits per heavy atom. The van der Waals surface area contributed by atoms with Crippen LogP contribution in [0.2, 0.25) is 0 Å². The number of ether oxygens (including phenoxy) is 11. The average molecular weight is 976 g/mol. The molecule has 3 aliphatic rings. The number of nitrogens with zero attached hydrogens (tertiary/aromatic N) is 1. The van der Waals surface area contributed by atoms with Crippen molar-refractivity contribution in [2.75, 3.05) is 152 Å². The third-order valence-electron chi connectivity index (χ3n) is 9.31. The first-order valence-corrected chi connectivity index (χ1v) is 22.5. The van der Waals surface area contributed by atoms with Gasteiger partial charge >= 0.3 is 6.09 Å². The number of carbonyl (C=O) groups excluding carboxylic acids is 8. The van der Waals surface area contributed by atoms with Crippen LogP contribution in [-0.2, 0) is 85.7 Å². The van der Waals surface area contributed by atoms with Crippen molar-refractivity contribution in [1.82, 2.24) is 36.8 Å². The number of alkyl carbamates (subject to hydrolysis) is 1. The van der Waals surface area contributed by atoms with Crippen LogP contribution in [0, 0.1) is 0 Å². The molecule has 3 rings (SSSR count). The zero-order valence-electron chi connectivity index (χ0n) is 39.1. The van der Waals surface area contributed by atoms with Gasteiger partial charge in [-0.2, -0.15) is 0 Å². The minimum Gasteiger partial charge on any atom is -0.444 e. The van der Waals surface area contributed by atoms with E-state index in [-0.39, 0.29) is 65.0 Å². The molecule has 0 radical (unpaired) electrons. The second kappa shape index (κ2) is 33.6. The molecule has 2 saturated heterocycles. The molecule has 3 aliphatic heterocycles. The van der Waals surface area contributed by atoms with Gasteiger partial charge in [-0.15, -0.1) is 0 Å². The minimum absolute atomic E-state index is 0.0301. The maximum absolute atomic E-state index is 12.4. The maximum atomic E-state index is 12.4. The molecular weight excluding hydrogens is 906 g/mol. The molecule has 68 heavy (non-hydrogen) atoms. The number of hydrogen-bond donors (Lipinski definition) is 6. The Morgan fingerprint density at radius 1 is 0.529 bits per heavy atom. The van der Waals surface area contributed by atoms with E-state index in [9.17, 15) is 38.4 Å². The van der Waals surface area contributed by atoms with Crippen LogP contribution >= 0.6 is 0 Å². The summed E-state index contributed by atoms with van der Waals surface area (Å²) in [4.78, 5) is 96.6. The van der Waals surface area contributed by atoms with Crippen molar-refractivity contribution in [2.45, 2.75) is 57.1 Å². The summed E-state index contributed by atoms with van der Waals surface area (Å²) >= 11 is 0. The van der Waals surface area contributed by atoms with E-state index in [0.717, 1.165) is 4.90 Å². The van der Waals surface area contributed by atoms with Gasteiger partial charge in [-0.3, -0.25) is 38.5 Å². The summed E-state index contributed by atoms with van der Waals surface area (Å²) in [6.45, 7) is 9.72. The Hall–Kier alpha value is -4.90. The minimum atomic E-state index is -0.664. The molecule has 0 saturated carbocycles. The first-order chi connectivity index (χ1) is 32.7. The molecule has 386 valence electrons. The Bertz CT molecular complexity index is 1600. The topological polar surface area (TPSA) is 314 Å². The summed E-state index contributed by atoms with van der Waals surface area (Å²) in [5.41, 5.74) is -0.664. The number of imide groups is 1. The molecule has 0 spiro atoms. The summed E-state index contributed by atoms with van der Waals surface area (Å²) in [6.07, 6.45) is 0.829. The Balaban J connectivity index is 0.983. The van der Waals surface area contributed by atoms with Crippen molar-refractivity contribution in [3.63, 3.8) is 0 Å². The van der Waals surface area contributed by atoms with E-state index in [1.807, 2.05) is 0 Å². The third-order valence-corrected chi connectivity index (χ3v) is 9.31. The monoisotopic (exact) mass is 975 g/mol. The fourth-order valence-corrected chi connectivity index (χ4v) is 6.10. The van der Waals surface area contributed by atoms with E-state index in [1.54, 1.807) is 20.8 Å². The highest BCUT2D eigenvalue weighted by atomic mass is 16.6. The average Bonchev–Trinajstić information content (AvgIpc) is 3.98. The van der Waals surface area contributed by atoms with Gasteiger partial charge in [0.1, 0.15) is 24.4 Å². The van der Waals surface area contributed by atoms with Crippen molar-refractivity contribution >= 4 is 47.4 Å². The van der Waals surface area contributed by atoms with Gasteiger partial charge in [0.25, 0.3) is 11.8 Å². The van der Waals surface area contributed by atoms with Crippen LogP contribution < -0.4 is 31.9 Å². The quantitative estimate of drug-likeness (QED) is 0.0256. The molecule has 0 bridgehead atoms. The van der Waals surface area contributed by atoms with E-state index >= 15 is 0 Å². The standard InChI is InChI=1S/C42H69N7O19/c1-42(2,3)68-41(57)48-31-28-67-39-30(27-66-40(31)39)47-35(53)26-45-33(51)24-44-34(52)25-46-36(54)29-65-23-22-64-21-20-63-19-18-62-17-16-61-15-14-60-13-12-59-11-10-58-9-7-43-32(50)6-8-49-37(55)4-5-38(49)56/h4-5,30-31,39-40H,6-29H2,1-3H3,(H,43,50)(H,44,52)(H,45,51)(H,46,54)(H,47,53)(H,48,57)/t30-,31-,39+,40+/m0/s1. The van der Waals surface area contributed by atoms with Crippen molar-refractivity contribution in [2.24, 2.45) is 0 Å². The Kier molecular flexibility index (Phi) is 28.3. The lowest BCUT2D eigenvalue weighted by molar-refractivity contribution is -0.137. The molecule has 0 unspecified atom stereocenters. The van der Waals surface area contributed by atoms with Crippen LogP contribution in [0.5, 0.6) is 0 Å². The molecule has 26 heteroatoms. The normalized spacial score (nSPS) is 18.6. The number of amides is 8. The summed E-state index contributed by atoms with van der Waals surface area (Å²) in [5.74, 6) is -3.37. The van der Waals surface area contributed by atoms with Crippen molar-refractivity contribution in [3.8, 4) is 0 Å². The summed E-state index contributed by atoms with van der Waals surface area (Å²) < 4.78 is 60.0. The van der Waals surface area contributed by atoms with Crippen LogP contribution in [-0.4, -0.2) is 234 Å². The molecule has 3 heterocycles. The van der Waals surface area contributed by atoms with E-state index < -0.39 is 78.0 Å². The van der Waals surface area contributed by atoms with Gasteiger partial charge in [0.05, 0.1) is 144 Å². The highest BCUT2D eigenvalue weighted by molar-refractivity contribution is 6.13. The Morgan fingerprint density at radius 2 is 0.926 bits per heavy atom. The molecule has 4 atom stereocenters. The molecule has 0 aromatic carbocycles. The lowest BCUT2D eigenvalue weighted by atomic mass is 10.1. The smallest absolute Gasteiger partial charge is 0.408 e. The largest absolute Gasteiger partial charge is 0.444 e. The summed E-state index contributed by atoms with van der Waals surface area (Å²) in [6, 6.07) is -0.935. The van der Waals surface area contributed by atoms with Gasteiger partial charge in [0.15, 0.2) is 0 Å². The van der Waals surface area contributed by atoms with E-state index in [4.69, 9.17) is 52.1 Å². The number of nitrogens with one attached hydrogen (secondary N) is 6.